The van der Waals surface area contributed by atoms with Gasteiger partial charge in [0.2, 0.25) is 0 Å². The Morgan fingerprint density at radius 3 is 2.18 bits per heavy atom. The van der Waals surface area contributed by atoms with E-state index in [4.69, 9.17) is 5.11 Å². The molecule has 1 aliphatic heterocycles. The van der Waals surface area contributed by atoms with Crippen LogP contribution in [0.1, 0.15) is 0 Å². The van der Waals surface area contributed by atoms with Crippen LogP contribution in [-0.2, 0) is 0 Å². The third-order valence-corrected chi connectivity index (χ3v) is 2.99. The van der Waals surface area contributed by atoms with E-state index in [-0.39, 0.29) is 24.6 Å². The molecule has 2 aliphatic rings. The number of fused-ring (bicyclic) bond motifs is 1. The second-order valence-electron chi connectivity index (χ2n) is 3.47. The Balaban J connectivity index is 2.12. The molecule has 0 aromatic carbocycles. The van der Waals surface area contributed by atoms with Crippen molar-refractivity contribution in [3.05, 3.63) is 0 Å². The van der Waals surface area contributed by atoms with Gasteiger partial charge in [-0.05, 0) is 7.05 Å². The van der Waals surface area contributed by atoms with Crippen LogP contribution in [0.25, 0.3) is 0 Å². The first kappa shape index (κ1) is 7.49. The Morgan fingerprint density at radius 1 is 1.18 bits per heavy atom. The van der Waals surface area contributed by atoms with Crippen molar-refractivity contribution in [3.63, 3.8) is 0 Å². The molecule has 0 aromatic heterocycles. The SMILES string of the molecule is CN1[C@@H]2[C@H](CO)[C@@H](O)[C@H](O)[C@@H]21. The van der Waals surface area contributed by atoms with Gasteiger partial charge in [0.25, 0.3) is 0 Å². The highest BCUT2D eigenvalue weighted by atomic mass is 16.3. The predicted molar refractivity (Wildman–Crippen MR) is 37.9 cm³/mol. The average molecular weight is 159 g/mol. The molecule has 1 heterocycles. The molecular weight excluding hydrogens is 146 g/mol. The smallest absolute Gasteiger partial charge is 0.0973 e. The molecule has 2 rings (SSSR count). The summed E-state index contributed by atoms with van der Waals surface area (Å²) in [6, 6.07) is 0.284. The van der Waals surface area contributed by atoms with Gasteiger partial charge < -0.3 is 15.3 Å². The maximum absolute atomic E-state index is 9.38. The highest BCUT2D eigenvalue weighted by molar-refractivity contribution is 5.17. The summed E-state index contributed by atoms with van der Waals surface area (Å²) in [5.41, 5.74) is 0. The molecule has 0 amide bonds. The summed E-state index contributed by atoms with van der Waals surface area (Å²) in [4.78, 5) is 1.98. The van der Waals surface area contributed by atoms with Gasteiger partial charge in [0.1, 0.15) is 0 Å². The fourth-order valence-electron chi connectivity index (χ4n) is 2.26. The van der Waals surface area contributed by atoms with Crippen LogP contribution in [0, 0.1) is 5.92 Å². The molecule has 1 unspecified atom stereocenters. The van der Waals surface area contributed by atoms with E-state index >= 15 is 0 Å². The number of likely N-dealkylation sites (tertiary alicyclic amines) is 1. The first-order valence-electron chi connectivity index (χ1n) is 3.87. The molecule has 11 heavy (non-hydrogen) atoms. The van der Waals surface area contributed by atoms with E-state index in [9.17, 15) is 10.2 Å². The second kappa shape index (κ2) is 2.17. The summed E-state index contributed by atoms with van der Waals surface area (Å²) in [7, 11) is 1.90. The Bertz CT molecular complexity index is 170. The molecule has 6 atom stereocenters. The van der Waals surface area contributed by atoms with Crippen LogP contribution in [0.3, 0.4) is 0 Å². The van der Waals surface area contributed by atoms with Crippen LogP contribution in [0.2, 0.25) is 0 Å². The topological polar surface area (TPSA) is 63.7 Å². The minimum atomic E-state index is -0.730. The van der Waals surface area contributed by atoms with Crippen LogP contribution < -0.4 is 0 Å². The number of rotatable bonds is 1. The van der Waals surface area contributed by atoms with E-state index in [1.54, 1.807) is 0 Å². The standard InChI is InChI=1S/C7H13NO3/c1-8-4-3(2-9)6(10)7(11)5(4)8/h3-7,9-11H,2H2,1H3/t3-,4+,5+,6+,7+,8?/m0/s1. The molecule has 1 saturated carbocycles. The molecule has 64 valence electrons. The molecule has 0 aromatic rings. The number of piperidine rings is 1. The van der Waals surface area contributed by atoms with E-state index in [1.807, 2.05) is 11.9 Å². The molecule has 0 bridgehead atoms. The lowest BCUT2D eigenvalue weighted by atomic mass is 10.0. The van der Waals surface area contributed by atoms with Crippen molar-refractivity contribution in [1.82, 2.24) is 4.90 Å². The largest absolute Gasteiger partial charge is 0.396 e. The highest BCUT2D eigenvalue weighted by Gasteiger charge is 2.63. The van der Waals surface area contributed by atoms with E-state index < -0.39 is 12.2 Å². The minimum absolute atomic E-state index is 0.0380. The molecule has 0 spiro atoms. The monoisotopic (exact) mass is 159 g/mol. The lowest BCUT2D eigenvalue weighted by molar-refractivity contribution is -0.0217. The van der Waals surface area contributed by atoms with Crippen LogP contribution in [-0.4, -0.2) is 58.2 Å². The van der Waals surface area contributed by atoms with Crippen LogP contribution in [0.15, 0.2) is 0 Å². The summed E-state index contributed by atoms with van der Waals surface area (Å²) in [6.07, 6.45) is -1.40. The lowest BCUT2D eigenvalue weighted by Crippen LogP contribution is -2.36. The zero-order chi connectivity index (χ0) is 8.17. The quantitative estimate of drug-likeness (QED) is 0.388. The zero-order valence-corrected chi connectivity index (χ0v) is 6.38. The Kier molecular flexibility index (Phi) is 1.47. The normalized spacial score (nSPS) is 61.1. The fourth-order valence-corrected chi connectivity index (χ4v) is 2.26. The molecule has 1 saturated heterocycles. The molecule has 3 N–H and O–H groups in total. The van der Waals surface area contributed by atoms with Gasteiger partial charge >= 0.3 is 0 Å². The summed E-state index contributed by atoms with van der Waals surface area (Å²) in [5.74, 6) is -0.153. The van der Waals surface area contributed by atoms with Gasteiger partial charge in [0.05, 0.1) is 24.9 Å². The first-order valence-corrected chi connectivity index (χ1v) is 3.87. The fraction of sp³-hybridized carbons (Fsp3) is 1.00. The third-order valence-electron chi connectivity index (χ3n) is 2.99. The molecule has 4 heteroatoms. The third kappa shape index (κ3) is 0.780. The van der Waals surface area contributed by atoms with Crippen molar-refractivity contribution >= 4 is 0 Å². The van der Waals surface area contributed by atoms with Crippen LogP contribution >= 0.6 is 0 Å². The van der Waals surface area contributed by atoms with Crippen molar-refractivity contribution < 1.29 is 15.3 Å². The van der Waals surface area contributed by atoms with Crippen molar-refractivity contribution in [2.75, 3.05) is 13.7 Å². The zero-order valence-electron chi connectivity index (χ0n) is 6.38. The lowest BCUT2D eigenvalue weighted by Gasteiger charge is -2.20. The van der Waals surface area contributed by atoms with Gasteiger partial charge in [-0.1, -0.05) is 0 Å². The molecule has 1 aliphatic carbocycles. The van der Waals surface area contributed by atoms with Gasteiger partial charge in [0, 0.05) is 12.0 Å². The number of aliphatic hydroxyl groups is 3. The molecule has 2 fully saturated rings. The summed E-state index contributed by atoms with van der Waals surface area (Å²) in [6.45, 7) is -0.0380. The van der Waals surface area contributed by atoms with Crippen molar-refractivity contribution in [1.29, 1.82) is 0 Å². The minimum Gasteiger partial charge on any atom is -0.396 e. The van der Waals surface area contributed by atoms with Crippen LogP contribution in [0.4, 0.5) is 0 Å². The van der Waals surface area contributed by atoms with Gasteiger partial charge in [-0.3, -0.25) is 4.90 Å². The molecule has 0 radical (unpaired) electrons. The highest BCUT2D eigenvalue weighted by Crippen LogP contribution is 2.44. The second-order valence-corrected chi connectivity index (χ2v) is 3.47. The number of hydrogen-bond donors (Lipinski definition) is 3. The van der Waals surface area contributed by atoms with E-state index in [0.717, 1.165) is 0 Å². The average Bonchev–Trinajstić information content (AvgIpc) is 2.54. The summed E-state index contributed by atoms with van der Waals surface area (Å²) < 4.78 is 0. The number of hydrogen-bond acceptors (Lipinski definition) is 4. The summed E-state index contributed by atoms with van der Waals surface area (Å²) >= 11 is 0. The Morgan fingerprint density at radius 2 is 1.82 bits per heavy atom. The number of nitrogens with zero attached hydrogens (tertiary/aromatic N) is 1. The van der Waals surface area contributed by atoms with Crippen LogP contribution in [0.5, 0.6) is 0 Å². The van der Waals surface area contributed by atoms with Crippen molar-refractivity contribution in [2.24, 2.45) is 5.92 Å². The maximum Gasteiger partial charge on any atom is 0.0973 e. The summed E-state index contributed by atoms with van der Waals surface area (Å²) in [5, 5.41) is 27.6. The number of likely N-dealkylation sites (N-methyl/N-ethyl adjacent to an activating group) is 1. The Labute approximate surface area is 65.1 Å². The van der Waals surface area contributed by atoms with Gasteiger partial charge in [-0.2, -0.15) is 0 Å². The van der Waals surface area contributed by atoms with Gasteiger partial charge in [-0.25, -0.2) is 0 Å². The molecular formula is C7H13NO3. The van der Waals surface area contributed by atoms with E-state index in [1.165, 1.54) is 0 Å². The van der Waals surface area contributed by atoms with Gasteiger partial charge in [-0.15, -0.1) is 0 Å². The number of aliphatic hydroxyl groups excluding tert-OH is 3. The molecule has 4 nitrogen and oxygen atoms in total. The maximum atomic E-state index is 9.38. The Hall–Kier alpha value is -0.160. The predicted octanol–water partition coefficient (Wildman–Crippen LogP) is -1.99. The van der Waals surface area contributed by atoms with E-state index in [0.29, 0.717) is 0 Å². The van der Waals surface area contributed by atoms with Crippen molar-refractivity contribution in [3.8, 4) is 0 Å². The van der Waals surface area contributed by atoms with Crippen molar-refractivity contribution in [2.45, 2.75) is 24.3 Å². The first-order chi connectivity index (χ1) is 5.18. The van der Waals surface area contributed by atoms with E-state index in [2.05, 4.69) is 0 Å². The van der Waals surface area contributed by atoms with Gasteiger partial charge in [0.15, 0.2) is 0 Å².